The van der Waals surface area contributed by atoms with Gasteiger partial charge in [0, 0.05) is 11.6 Å². The zero-order valence-corrected chi connectivity index (χ0v) is 9.10. The standard InChI is InChI=1S/C11H10O6/c1-6(10(13)16-5-8-4-15-8)2-7-3-9(12)17-11(7)14/h2-3,8H,4-5H2,1H3/b6-2+. The van der Waals surface area contributed by atoms with E-state index in [1.54, 1.807) is 0 Å². The molecule has 2 rings (SSSR count). The van der Waals surface area contributed by atoms with Crippen LogP contribution in [0.15, 0.2) is 23.3 Å². The molecule has 0 spiro atoms. The molecule has 90 valence electrons. The lowest BCUT2D eigenvalue weighted by Crippen LogP contribution is -2.11. The number of carbonyl (C=O) groups excluding carboxylic acids is 3. The molecule has 1 fully saturated rings. The Balaban J connectivity index is 1.95. The van der Waals surface area contributed by atoms with Crippen LogP contribution >= 0.6 is 0 Å². The molecule has 6 nitrogen and oxygen atoms in total. The average Bonchev–Trinajstić information content (AvgIpc) is 3.03. The Labute approximate surface area is 96.8 Å². The minimum Gasteiger partial charge on any atom is -0.459 e. The minimum atomic E-state index is -0.757. The lowest BCUT2D eigenvalue weighted by atomic mass is 10.2. The number of ether oxygens (including phenoxy) is 3. The Morgan fingerprint density at radius 2 is 2.29 bits per heavy atom. The third kappa shape index (κ3) is 3.01. The first kappa shape index (κ1) is 11.5. The predicted octanol–water partition coefficient (Wildman–Crippen LogP) is -0.116. The summed E-state index contributed by atoms with van der Waals surface area (Å²) in [7, 11) is 0. The molecule has 0 aromatic rings. The van der Waals surface area contributed by atoms with Crippen molar-refractivity contribution in [2.75, 3.05) is 13.2 Å². The molecule has 2 aliphatic rings. The summed E-state index contributed by atoms with van der Waals surface area (Å²) < 4.78 is 14.1. The molecule has 17 heavy (non-hydrogen) atoms. The summed E-state index contributed by atoms with van der Waals surface area (Å²) in [6, 6.07) is 0. The van der Waals surface area contributed by atoms with Crippen LogP contribution in [0.2, 0.25) is 0 Å². The van der Waals surface area contributed by atoms with Crippen LogP contribution in [0.5, 0.6) is 0 Å². The summed E-state index contributed by atoms with van der Waals surface area (Å²) in [5, 5.41) is 0. The van der Waals surface area contributed by atoms with Gasteiger partial charge in [0.05, 0.1) is 12.2 Å². The predicted molar refractivity (Wildman–Crippen MR) is 53.6 cm³/mol. The monoisotopic (exact) mass is 238 g/mol. The number of carbonyl (C=O) groups is 3. The van der Waals surface area contributed by atoms with Crippen molar-refractivity contribution in [1.29, 1.82) is 0 Å². The van der Waals surface area contributed by atoms with Gasteiger partial charge in [0.1, 0.15) is 12.7 Å². The average molecular weight is 238 g/mol. The Kier molecular flexibility index (Phi) is 3.06. The van der Waals surface area contributed by atoms with Gasteiger partial charge in [-0.2, -0.15) is 0 Å². The van der Waals surface area contributed by atoms with Crippen LogP contribution in [-0.2, 0) is 28.6 Å². The van der Waals surface area contributed by atoms with Crippen molar-refractivity contribution in [3.8, 4) is 0 Å². The number of hydrogen-bond acceptors (Lipinski definition) is 6. The first-order valence-electron chi connectivity index (χ1n) is 5.01. The van der Waals surface area contributed by atoms with Gasteiger partial charge in [-0.05, 0) is 13.0 Å². The maximum atomic E-state index is 11.4. The number of epoxide rings is 1. The summed E-state index contributed by atoms with van der Waals surface area (Å²) in [5.74, 6) is -2.03. The molecule has 0 aromatic heterocycles. The van der Waals surface area contributed by atoms with Crippen molar-refractivity contribution in [2.24, 2.45) is 0 Å². The first-order valence-corrected chi connectivity index (χ1v) is 5.01. The van der Waals surface area contributed by atoms with E-state index < -0.39 is 17.9 Å². The normalized spacial score (nSPS) is 23.2. The Bertz CT molecular complexity index is 441. The Morgan fingerprint density at radius 1 is 1.59 bits per heavy atom. The molecule has 1 atom stereocenters. The topological polar surface area (TPSA) is 82.2 Å². The van der Waals surface area contributed by atoms with Gasteiger partial charge in [-0.25, -0.2) is 14.4 Å². The maximum Gasteiger partial charge on any atom is 0.346 e. The highest BCUT2D eigenvalue weighted by molar-refractivity contribution is 6.11. The number of cyclic esters (lactones) is 2. The lowest BCUT2D eigenvalue weighted by Gasteiger charge is -2.02. The van der Waals surface area contributed by atoms with Crippen LogP contribution in [0.1, 0.15) is 6.92 Å². The molecule has 0 N–H and O–H groups in total. The second-order valence-electron chi connectivity index (χ2n) is 3.69. The maximum absolute atomic E-state index is 11.4. The van der Waals surface area contributed by atoms with Gasteiger partial charge >= 0.3 is 17.9 Å². The third-order valence-corrected chi connectivity index (χ3v) is 2.20. The second kappa shape index (κ2) is 4.50. The van der Waals surface area contributed by atoms with Crippen LogP contribution < -0.4 is 0 Å². The summed E-state index contributed by atoms with van der Waals surface area (Å²) >= 11 is 0. The highest BCUT2D eigenvalue weighted by Gasteiger charge is 2.25. The molecule has 0 bridgehead atoms. The van der Waals surface area contributed by atoms with E-state index >= 15 is 0 Å². The molecule has 2 aliphatic heterocycles. The van der Waals surface area contributed by atoms with Gasteiger partial charge in [0.25, 0.3) is 0 Å². The minimum absolute atomic E-state index is 0.0102. The fourth-order valence-corrected chi connectivity index (χ4v) is 1.21. The molecule has 0 aliphatic carbocycles. The lowest BCUT2D eigenvalue weighted by molar-refractivity contribution is -0.150. The molecule has 0 aromatic carbocycles. The van der Waals surface area contributed by atoms with Gasteiger partial charge in [0.15, 0.2) is 0 Å². The van der Waals surface area contributed by atoms with E-state index in [9.17, 15) is 14.4 Å². The van der Waals surface area contributed by atoms with Gasteiger partial charge in [-0.15, -0.1) is 0 Å². The highest BCUT2D eigenvalue weighted by Crippen LogP contribution is 2.14. The van der Waals surface area contributed by atoms with Gasteiger partial charge in [-0.1, -0.05) is 0 Å². The molecule has 0 saturated carbocycles. The van der Waals surface area contributed by atoms with Crippen LogP contribution in [0, 0.1) is 0 Å². The third-order valence-electron chi connectivity index (χ3n) is 2.20. The summed E-state index contributed by atoms with van der Waals surface area (Å²) in [5.41, 5.74) is 0.274. The number of esters is 3. The summed E-state index contributed by atoms with van der Waals surface area (Å²) in [4.78, 5) is 33.3. The molecule has 1 saturated heterocycles. The number of hydrogen-bond donors (Lipinski definition) is 0. The van der Waals surface area contributed by atoms with Crippen LogP contribution in [0.25, 0.3) is 0 Å². The van der Waals surface area contributed by atoms with E-state index in [1.165, 1.54) is 13.0 Å². The van der Waals surface area contributed by atoms with Gasteiger partial charge < -0.3 is 14.2 Å². The first-order chi connectivity index (χ1) is 8.06. The van der Waals surface area contributed by atoms with Gasteiger partial charge in [0.2, 0.25) is 0 Å². The molecule has 0 radical (unpaired) electrons. The van der Waals surface area contributed by atoms with Crippen LogP contribution in [0.4, 0.5) is 0 Å². The van der Waals surface area contributed by atoms with Crippen LogP contribution in [0.3, 0.4) is 0 Å². The molecule has 2 heterocycles. The second-order valence-corrected chi connectivity index (χ2v) is 3.69. The van der Waals surface area contributed by atoms with E-state index in [2.05, 4.69) is 4.74 Å². The molecular formula is C11H10O6. The smallest absolute Gasteiger partial charge is 0.346 e. The van der Waals surface area contributed by atoms with E-state index in [0.29, 0.717) is 6.61 Å². The Morgan fingerprint density at radius 3 is 2.82 bits per heavy atom. The zero-order chi connectivity index (χ0) is 12.4. The summed E-state index contributed by atoms with van der Waals surface area (Å²) in [6.07, 6.45) is 2.29. The van der Waals surface area contributed by atoms with E-state index in [1.807, 2.05) is 0 Å². The SMILES string of the molecule is C/C(=C\C1=CC(=O)OC1=O)C(=O)OCC1CO1. The van der Waals surface area contributed by atoms with Crippen molar-refractivity contribution < 1.29 is 28.6 Å². The van der Waals surface area contributed by atoms with Crippen molar-refractivity contribution in [1.82, 2.24) is 0 Å². The van der Waals surface area contributed by atoms with Crippen LogP contribution in [-0.4, -0.2) is 37.2 Å². The number of rotatable bonds is 4. The van der Waals surface area contributed by atoms with Crippen molar-refractivity contribution in [3.63, 3.8) is 0 Å². The van der Waals surface area contributed by atoms with E-state index in [-0.39, 0.29) is 23.9 Å². The van der Waals surface area contributed by atoms with Gasteiger partial charge in [-0.3, -0.25) is 0 Å². The van der Waals surface area contributed by atoms with E-state index in [4.69, 9.17) is 9.47 Å². The van der Waals surface area contributed by atoms with E-state index in [0.717, 1.165) is 6.08 Å². The highest BCUT2D eigenvalue weighted by atomic mass is 16.6. The Hall–Kier alpha value is -1.95. The quantitative estimate of drug-likeness (QED) is 0.294. The molecule has 1 unspecified atom stereocenters. The van der Waals surface area contributed by atoms with Crippen molar-refractivity contribution in [3.05, 3.63) is 23.3 Å². The molecule has 6 heteroatoms. The molecule has 0 amide bonds. The van der Waals surface area contributed by atoms with Crippen molar-refractivity contribution >= 4 is 17.9 Å². The zero-order valence-electron chi connectivity index (χ0n) is 9.10. The summed E-state index contributed by atoms with van der Waals surface area (Å²) in [6.45, 7) is 2.29. The molecular weight excluding hydrogens is 228 g/mol. The van der Waals surface area contributed by atoms with Crippen molar-refractivity contribution in [2.45, 2.75) is 13.0 Å². The largest absolute Gasteiger partial charge is 0.459 e. The fourth-order valence-electron chi connectivity index (χ4n) is 1.21. The fraction of sp³-hybridized carbons (Fsp3) is 0.364.